The number of hydrogen-bond acceptors (Lipinski definition) is 3. The molecule has 0 spiro atoms. The molecule has 1 unspecified atom stereocenters. The maximum absolute atomic E-state index is 12.3. The average Bonchev–Trinajstić information content (AvgIpc) is 2.55. The Labute approximate surface area is 133 Å². The van der Waals surface area contributed by atoms with Crippen molar-refractivity contribution in [3.8, 4) is 5.75 Å². The Hall–Kier alpha value is -1.55. The van der Waals surface area contributed by atoms with Gasteiger partial charge < -0.3 is 14.4 Å². The summed E-state index contributed by atoms with van der Waals surface area (Å²) in [6, 6.07) is 8.28. The van der Waals surface area contributed by atoms with Crippen LogP contribution in [0, 0.1) is 11.8 Å². The van der Waals surface area contributed by atoms with Gasteiger partial charge in [-0.3, -0.25) is 4.79 Å². The lowest BCUT2D eigenvalue weighted by molar-refractivity contribution is -0.138. The number of rotatable bonds is 6. The zero-order valence-corrected chi connectivity index (χ0v) is 13.9. The molecule has 2 rings (SSSR count). The number of nitrogens with zero attached hydrogens (tertiary/aromatic N) is 1. The number of likely N-dealkylation sites (tertiary alicyclic amines) is 1. The molecule has 0 aliphatic carbocycles. The number of amides is 1. The predicted molar refractivity (Wildman–Crippen MR) is 87.0 cm³/mol. The van der Waals surface area contributed by atoms with Crippen LogP contribution in [0.2, 0.25) is 0 Å². The number of carbonyl (C=O) groups is 1. The quantitative estimate of drug-likeness (QED) is 0.811. The number of hydrogen-bond donors (Lipinski definition) is 0. The molecule has 0 radical (unpaired) electrons. The molecule has 0 saturated carbocycles. The normalized spacial score (nSPS) is 17.3. The third kappa shape index (κ3) is 4.47. The fourth-order valence-corrected chi connectivity index (χ4v) is 3.12. The number of piperidine rings is 1. The molecule has 0 aromatic heterocycles. The second kappa shape index (κ2) is 8.18. The molecule has 1 atom stereocenters. The van der Waals surface area contributed by atoms with Crippen LogP contribution in [-0.4, -0.2) is 44.7 Å². The SMILES string of the molecule is COCC(C)C(=O)N1CCC(Cc2cccc(OC)c2)CC1. The standard InChI is InChI=1S/C18H27NO3/c1-14(13-21-2)18(20)19-9-7-15(8-10-19)11-16-5-4-6-17(12-16)22-3/h4-6,12,14-15H,7-11,13H2,1-3H3. The minimum Gasteiger partial charge on any atom is -0.497 e. The van der Waals surface area contributed by atoms with Crippen molar-refractivity contribution in [1.29, 1.82) is 0 Å². The summed E-state index contributed by atoms with van der Waals surface area (Å²) in [6.07, 6.45) is 3.21. The van der Waals surface area contributed by atoms with Crippen LogP contribution in [0.4, 0.5) is 0 Å². The van der Waals surface area contributed by atoms with E-state index in [1.54, 1.807) is 14.2 Å². The van der Waals surface area contributed by atoms with Crippen molar-refractivity contribution in [3.63, 3.8) is 0 Å². The Kier molecular flexibility index (Phi) is 6.25. The fraction of sp³-hybridized carbons (Fsp3) is 0.611. The van der Waals surface area contributed by atoms with Gasteiger partial charge in [-0.1, -0.05) is 19.1 Å². The Bertz CT molecular complexity index is 481. The summed E-state index contributed by atoms with van der Waals surface area (Å²) in [5.74, 6) is 1.74. The van der Waals surface area contributed by atoms with Crippen molar-refractivity contribution in [1.82, 2.24) is 4.90 Å². The van der Waals surface area contributed by atoms with E-state index in [1.807, 2.05) is 24.0 Å². The van der Waals surface area contributed by atoms with Gasteiger partial charge in [0, 0.05) is 20.2 Å². The first-order valence-electron chi connectivity index (χ1n) is 8.04. The van der Waals surface area contributed by atoms with Crippen LogP contribution >= 0.6 is 0 Å². The Morgan fingerprint density at radius 1 is 1.32 bits per heavy atom. The molecule has 1 aliphatic heterocycles. The molecular weight excluding hydrogens is 278 g/mol. The van der Waals surface area contributed by atoms with E-state index >= 15 is 0 Å². The third-order valence-electron chi connectivity index (χ3n) is 4.42. The summed E-state index contributed by atoms with van der Waals surface area (Å²) in [7, 11) is 3.34. The van der Waals surface area contributed by atoms with E-state index in [9.17, 15) is 4.79 Å². The van der Waals surface area contributed by atoms with Gasteiger partial charge in [-0.25, -0.2) is 0 Å². The number of methoxy groups -OCH3 is 2. The van der Waals surface area contributed by atoms with Crippen LogP contribution < -0.4 is 4.74 Å². The van der Waals surface area contributed by atoms with E-state index in [0.29, 0.717) is 12.5 Å². The highest BCUT2D eigenvalue weighted by Crippen LogP contribution is 2.24. The minimum absolute atomic E-state index is 0.0417. The molecular formula is C18H27NO3. The van der Waals surface area contributed by atoms with Gasteiger partial charge in [-0.15, -0.1) is 0 Å². The molecule has 1 heterocycles. The van der Waals surface area contributed by atoms with E-state index < -0.39 is 0 Å². The molecule has 1 aromatic carbocycles. The lowest BCUT2D eigenvalue weighted by atomic mass is 9.89. The van der Waals surface area contributed by atoms with Crippen molar-refractivity contribution >= 4 is 5.91 Å². The molecule has 4 nitrogen and oxygen atoms in total. The number of carbonyl (C=O) groups excluding carboxylic acids is 1. The molecule has 122 valence electrons. The van der Waals surface area contributed by atoms with Crippen molar-refractivity contribution in [2.45, 2.75) is 26.2 Å². The summed E-state index contributed by atoms with van der Waals surface area (Å²) in [5, 5.41) is 0. The Morgan fingerprint density at radius 2 is 2.05 bits per heavy atom. The molecule has 1 aromatic rings. The van der Waals surface area contributed by atoms with Gasteiger partial charge in [0.25, 0.3) is 0 Å². The smallest absolute Gasteiger partial charge is 0.227 e. The summed E-state index contributed by atoms with van der Waals surface area (Å²) >= 11 is 0. The van der Waals surface area contributed by atoms with Crippen molar-refractivity contribution < 1.29 is 14.3 Å². The Morgan fingerprint density at radius 3 is 2.68 bits per heavy atom. The second-order valence-electron chi connectivity index (χ2n) is 6.18. The van der Waals surface area contributed by atoms with Crippen molar-refractivity contribution in [2.75, 3.05) is 33.9 Å². The van der Waals surface area contributed by atoms with Crippen LogP contribution in [0.5, 0.6) is 5.75 Å². The first-order valence-corrected chi connectivity index (χ1v) is 8.04. The average molecular weight is 305 g/mol. The van der Waals surface area contributed by atoms with Crippen LogP contribution in [0.1, 0.15) is 25.3 Å². The van der Waals surface area contributed by atoms with E-state index in [-0.39, 0.29) is 11.8 Å². The van der Waals surface area contributed by atoms with Crippen molar-refractivity contribution in [3.05, 3.63) is 29.8 Å². The van der Waals surface area contributed by atoms with Gasteiger partial charge in [0.1, 0.15) is 5.75 Å². The number of ether oxygens (including phenoxy) is 2. The maximum Gasteiger partial charge on any atom is 0.227 e. The zero-order valence-electron chi connectivity index (χ0n) is 13.9. The molecule has 0 N–H and O–H groups in total. The first kappa shape index (κ1) is 16.8. The highest BCUT2D eigenvalue weighted by molar-refractivity contribution is 5.78. The molecule has 4 heteroatoms. The maximum atomic E-state index is 12.3. The molecule has 22 heavy (non-hydrogen) atoms. The number of benzene rings is 1. The largest absolute Gasteiger partial charge is 0.497 e. The van der Waals surface area contributed by atoms with Crippen LogP contribution in [0.15, 0.2) is 24.3 Å². The topological polar surface area (TPSA) is 38.8 Å². The van der Waals surface area contributed by atoms with Gasteiger partial charge in [-0.05, 0) is 42.9 Å². The van der Waals surface area contributed by atoms with E-state index in [1.165, 1.54) is 5.56 Å². The minimum atomic E-state index is -0.0417. The molecule has 1 saturated heterocycles. The van der Waals surface area contributed by atoms with E-state index in [4.69, 9.17) is 9.47 Å². The summed E-state index contributed by atoms with van der Waals surface area (Å²) in [4.78, 5) is 14.3. The summed E-state index contributed by atoms with van der Waals surface area (Å²) < 4.78 is 10.4. The summed E-state index contributed by atoms with van der Waals surface area (Å²) in [6.45, 7) is 4.17. The zero-order chi connectivity index (χ0) is 15.9. The molecule has 0 bridgehead atoms. The van der Waals surface area contributed by atoms with E-state index in [0.717, 1.165) is 38.1 Å². The lowest BCUT2D eigenvalue weighted by Crippen LogP contribution is -2.42. The molecule has 1 aliphatic rings. The molecule has 1 fully saturated rings. The predicted octanol–water partition coefficient (Wildman–Crippen LogP) is 2.76. The first-order chi connectivity index (χ1) is 10.6. The van der Waals surface area contributed by atoms with Gasteiger partial charge in [-0.2, -0.15) is 0 Å². The monoisotopic (exact) mass is 305 g/mol. The fourth-order valence-electron chi connectivity index (χ4n) is 3.12. The van der Waals surface area contributed by atoms with Crippen LogP contribution in [0.25, 0.3) is 0 Å². The van der Waals surface area contributed by atoms with Crippen LogP contribution in [0.3, 0.4) is 0 Å². The second-order valence-corrected chi connectivity index (χ2v) is 6.18. The van der Waals surface area contributed by atoms with Gasteiger partial charge in [0.05, 0.1) is 19.6 Å². The van der Waals surface area contributed by atoms with Gasteiger partial charge >= 0.3 is 0 Å². The van der Waals surface area contributed by atoms with E-state index in [2.05, 4.69) is 12.1 Å². The Balaban J connectivity index is 1.83. The van der Waals surface area contributed by atoms with Gasteiger partial charge in [0.2, 0.25) is 5.91 Å². The highest BCUT2D eigenvalue weighted by atomic mass is 16.5. The van der Waals surface area contributed by atoms with Crippen molar-refractivity contribution in [2.24, 2.45) is 11.8 Å². The highest BCUT2D eigenvalue weighted by Gasteiger charge is 2.26. The lowest BCUT2D eigenvalue weighted by Gasteiger charge is -2.33. The van der Waals surface area contributed by atoms with Gasteiger partial charge in [0.15, 0.2) is 0 Å². The van der Waals surface area contributed by atoms with Crippen LogP contribution in [-0.2, 0) is 16.0 Å². The molecule has 1 amide bonds. The third-order valence-corrected chi connectivity index (χ3v) is 4.42. The summed E-state index contributed by atoms with van der Waals surface area (Å²) in [5.41, 5.74) is 1.32.